The van der Waals surface area contributed by atoms with Gasteiger partial charge in [-0.25, -0.2) is 4.85 Å². The molecule has 0 spiro atoms. The molecule has 0 saturated heterocycles. The second-order valence-corrected chi connectivity index (χ2v) is 7.10. The van der Waals surface area contributed by atoms with Gasteiger partial charge in [0.2, 0.25) is 0 Å². The number of nitrogens with zero attached hydrogens (tertiary/aromatic N) is 2. The Morgan fingerprint density at radius 3 is 2.76 bits per heavy atom. The van der Waals surface area contributed by atoms with Gasteiger partial charge < -0.3 is 0 Å². The maximum atomic E-state index is 7.31. The number of fused-ring (bicyclic) bond motifs is 5. The van der Waals surface area contributed by atoms with Crippen LogP contribution in [0.4, 0.5) is 5.69 Å². The molecule has 21 heavy (non-hydrogen) atoms. The standard InChI is InChI=1S/C18H14N2S/c1-18(2)10-21-17-13-8-7-11-12(5-4-6-15(11)19-3)16(13)20-9-14(17)18/h4-9H,10H2,1-2H3. The fourth-order valence-electron chi connectivity index (χ4n) is 3.05. The molecule has 2 aromatic carbocycles. The van der Waals surface area contributed by atoms with Crippen LogP contribution in [-0.4, -0.2) is 10.7 Å². The topological polar surface area (TPSA) is 17.2 Å². The fourth-order valence-corrected chi connectivity index (χ4v) is 4.51. The summed E-state index contributed by atoms with van der Waals surface area (Å²) in [6.45, 7) is 11.9. The van der Waals surface area contributed by atoms with Crippen LogP contribution < -0.4 is 0 Å². The molecule has 2 nitrogen and oxygen atoms in total. The highest BCUT2D eigenvalue weighted by Gasteiger charge is 2.32. The first kappa shape index (κ1) is 12.7. The quantitative estimate of drug-likeness (QED) is 0.411. The summed E-state index contributed by atoms with van der Waals surface area (Å²) in [5.74, 6) is 1.10. The van der Waals surface area contributed by atoms with E-state index in [-0.39, 0.29) is 5.41 Å². The van der Waals surface area contributed by atoms with E-state index in [9.17, 15) is 0 Å². The van der Waals surface area contributed by atoms with Gasteiger partial charge >= 0.3 is 0 Å². The summed E-state index contributed by atoms with van der Waals surface area (Å²) >= 11 is 1.92. The van der Waals surface area contributed by atoms with Crippen molar-refractivity contribution in [1.29, 1.82) is 0 Å². The zero-order chi connectivity index (χ0) is 14.6. The van der Waals surface area contributed by atoms with Crippen LogP contribution in [0.2, 0.25) is 0 Å². The molecular weight excluding hydrogens is 276 g/mol. The molecular formula is C18H14N2S. The number of aromatic nitrogens is 1. The number of hydrogen-bond acceptors (Lipinski definition) is 2. The molecule has 2 heterocycles. The molecule has 102 valence electrons. The number of rotatable bonds is 0. The minimum atomic E-state index is 0.189. The molecule has 0 bridgehead atoms. The first-order valence-electron chi connectivity index (χ1n) is 6.97. The SMILES string of the molecule is [C-]#[N+]c1cccc2c1ccc1c3c(cnc12)C(C)(C)CS3. The van der Waals surface area contributed by atoms with Crippen molar-refractivity contribution in [3.8, 4) is 0 Å². The van der Waals surface area contributed by atoms with Crippen LogP contribution in [0.15, 0.2) is 41.4 Å². The van der Waals surface area contributed by atoms with Gasteiger partial charge in [0, 0.05) is 27.6 Å². The van der Waals surface area contributed by atoms with E-state index in [1.165, 1.54) is 15.8 Å². The molecule has 1 aliphatic rings. The third-order valence-corrected chi connectivity index (χ3v) is 5.84. The van der Waals surface area contributed by atoms with Crippen LogP contribution in [0.25, 0.3) is 26.5 Å². The summed E-state index contributed by atoms with van der Waals surface area (Å²) in [7, 11) is 0. The smallest absolute Gasteiger partial charge is 0.194 e. The Labute approximate surface area is 128 Å². The van der Waals surface area contributed by atoms with Gasteiger partial charge in [0.05, 0.1) is 12.1 Å². The van der Waals surface area contributed by atoms with E-state index >= 15 is 0 Å². The van der Waals surface area contributed by atoms with Crippen molar-refractivity contribution in [2.75, 3.05) is 5.75 Å². The van der Waals surface area contributed by atoms with Crippen LogP contribution in [0.3, 0.4) is 0 Å². The Bertz CT molecular complexity index is 935. The van der Waals surface area contributed by atoms with E-state index in [0.29, 0.717) is 5.69 Å². The highest BCUT2D eigenvalue weighted by Crippen LogP contribution is 2.47. The largest absolute Gasteiger partial charge is 0.255 e. The Morgan fingerprint density at radius 2 is 1.95 bits per heavy atom. The van der Waals surface area contributed by atoms with Gasteiger partial charge in [0.15, 0.2) is 5.69 Å². The van der Waals surface area contributed by atoms with Crippen LogP contribution in [0, 0.1) is 6.57 Å². The number of hydrogen-bond donors (Lipinski definition) is 0. The van der Waals surface area contributed by atoms with Gasteiger partial charge in [0.25, 0.3) is 0 Å². The Balaban J connectivity index is 2.14. The van der Waals surface area contributed by atoms with Crippen molar-refractivity contribution in [2.24, 2.45) is 0 Å². The Hall–Kier alpha value is -2.05. The summed E-state index contributed by atoms with van der Waals surface area (Å²) in [6, 6.07) is 10.1. The normalized spacial score (nSPS) is 16.0. The summed E-state index contributed by atoms with van der Waals surface area (Å²) in [5.41, 5.74) is 3.25. The summed E-state index contributed by atoms with van der Waals surface area (Å²) in [5, 5.41) is 3.29. The lowest BCUT2D eigenvalue weighted by Gasteiger charge is -2.17. The van der Waals surface area contributed by atoms with Crippen molar-refractivity contribution in [1.82, 2.24) is 4.98 Å². The molecule has 1 aliphatic heterocycles. The third-order valence-electron chi connectivity index (χ3n) is 4.25. The van der Waals surface area contributed by atoms with Crippen molar-refractivity contribution < 1.29 is 0 Å². The number of pyridine rings is 1. The van der Waals surface area contributed by atoms with E-state index in [4.69, 9.17) is 11.6 Å². The zero-order valence-corrected chi connectivity index (χ0v) is 12.8. The molecule has 0 amide bonds. The van der Waals surface area contributed by atoms with Crippen LogP contribution in [-0.2, 0) is 5.41 Å². The number of thioether (sulfide) groups is 1. The van der Waals surface area contributed by atoms with Crippen LogP contribution in [0.5, 0.6) is 0 Å². The second-order valence-electron chi connectivity index (χ2n) is 6.12. The molecule has 0 radical (unpaired) electrons. The molecule has 3 aromatic rings. The lowest BCUT2D eigenvalue weighted by molar-refractivity contribution is 0.603. The molecule has 0 atom stereocenters. The maximum absolute atomic E-state index is 7.31. The van der Waals surface area contributed by atoms with Gasteiger partial charge in [-0.3, -0.25) is 4.98 Å². The van der Waals surface area contributed by atoms with E-state index in [1.807, 2.05) is 30.1 Å². The van der Waals surface area contributed by atoms with Crippen molar-refractivity contribution in [3.63, 3.8) is 0 Å². The van der Waals surface area contributed by atoms with Crippen molar-refractivity contribution in [2.45, 2.75) is 24.2 Å². The monoisotopic (exact) mass is 290 g/mol. The highest BCUT2D eigenvalue weighted by atomic mass is 32.2. The average molecular weight is 290 g/mol. The lowest BCUT2D eigenvalue weighted by Crippen LogP contribution is -2.15. The first-order valence-corrected chi connectivity index (χ1v) is 7.95. The maximum Gasteiger partial charge on any atom is 0.194 e. The predicted molar refractivity (Wildman–Crippen MR) is 89.3 cm³/mol. The van der Waals surface area contributed by atoms with Gasteiger partial charge in [-0.05, 0) is 16.3 Å². The Morgan fingerprint density at radius 1 is 1.14 bits per heavy atom. The molecule has 0 saturated carbocycles. The van der Waals surface area contributed by atoms with Crippen LogP contribution in [0.1, 0.15) is 19.4 Å². The highest BCUT2D eigenvalue weighted by molar-refractivity contribution is 8.00. The summed E-state index contributed by atoms with van der Waals surface area (Å²) in [6.07, 6.45) is 2.03. The molecule has 0 aliphatic carbocycles. The number of benzene rings is 2. The first-order chi connectivity index (χ1) is 10.1. The van der Waals surface area contributed by atoms with E-state index in [0.717, 1.165) is 22.0 Å². The van der Waals surface area contributed by atoms with Gasteiger partial charge in [0.1, 0.15) is 0 Å². The minimum absolute atomic E-state index is 0.189. The summed E-state index contributed by atoms with van der Waals surface area (Å²) in [4.78, 5) is 9.72. The lowest BCUT2D eigenvalue weighted by atomic mass is 9.87. The van der Waals surface area contributed by atoms with Gasteiger partial charge in [-0.15, -0.1) is 11.8 Å². The third kappa shape index (κ3) is 1.69. The molecule has 3 heteroatoms. The van der Waals surface area contributed by atoms with E-state index in [1.54, 1.807) is 0 Å². The molecule has 1 aromatic heterocycles. The second kappa shape index (κ2) is 4.22. The minimum Gasteiger partial charge on any atom is -0.255 e. The van der Waals surface area contributed by atoms with Crippen molar-refractivity contribution in [3.05, 3.63) is 53.5 Å². The molecule has 0 N–H and O–H groups in total. The van der Waals surface area contributed by atoms with Gasteiger partial charge in [-0.1, -0.05) is 44.2 Å². The van der Waals surface area contributed by atoms with Crippen molar-refractivity contribution >= 4 is 39.1 Å². The molecule has 0 unspecified atom stereocenters. The average Bonchev–Trinajstić information content (AvgIpc) is 2.82. The van der Waals surface area contributed by atoms with E-state index in [2.05, 4.69) is 36.9 Å². The Kier molecular flexibility index (Phi) is 2.55. The summed E-state index contributed by atoms with van der Waals surface area (Å²) < 4.78 is 0. The zero-order valence-electron chi connectivity index (χ0n) is 12.0. The van der Waals surface area contributed by atoms with Gasteiger partial charge in [-0.2, -0.15) is 0 Å². The molecule has 4 rings (SSSR count). The van der Waals surface area contributed by atoms with E-state index < -0.39 is 0 Å². The molecule has 0 fully saturated rings. The predicted octanol–water partition coefficient (Wildman–Crippen LogP) is 5.32. The fraction of sp³-hybridized carbons (Fsp3) is 0.222. The van der Waals surface area contributed by atoms with Crippen LogP contribution >= 0.6 is 11.8 Å².